The van der Waals surface area contributed by atoms with E-state index in [1.165, 1.54) is 7.11 Å². The predicted octanol–water partition coefficient (Wildman–Crippen LogP) is 3.47. The first kappa shape index (κ1) is 15.2. The van der Waals surface area contributed by atoms with Gasteiger partial charge in [-0.25, -0.2) is 0 Å². The summed E-state index contributed by atoms with van der Waals surface area (Å²) in [5.74, 6) is 1.30. The van der Waals surface area contributed by atoms with Gasteiger partial charge in [-0.05, 0) is 53.5 Å². The Balaban J connectivity index is 2.10. The molecule has 0 spiro atoms. The van der Waals surface area contributed by atoms with Crippen LogP contribution in [0.4, 0.5) is 0 Å². The lowest BCUT2D eigenvalue weighted by molar-refractivity contribution is -0.113. The van der Waals surface area contributed by atoms with Gasteiger partial charge in [0.1, 0.15) is 5.75 Å². The number of Topliss-reactive ketones (excluding diaryl/α,β-unsaturated/α-hetero) is 1. The molecule has 0 saturated heterocycles. The normalized spacial score (nSPS) is 15.4. The first-order chi connectivity index (χ1) is 11.1. The van der Waals surface area contributed by atoms with Gasteiger partial charge >= 0.3 is 0 Å². The van der Waals surface area contributed by atoms with Gasteiger partial charge in [-0.3, -0.25) is 4.79 Å². The quantitative estimate of drug-likeness (QED) is 0.882. The second-order valence-corrected chi connectivity index (χ2v) is 5.44. The van der Waals surface area contributed by atoms with Crippen molar-refractivity contribution in [1.29, 1.82) is 0 Å². The highest BCUT2D eigenvalue weighted by Gasteiger charge is 2.22. The largest absolute Gasteiger partial charge is 0.504 e. The lowest BCUT2D eigenvalue weighted by atomic mass is 9.85. The SMILES string of the molecule is COc1ccc2c(c1)/C(=C\c1ccc(O)c(OC)c1)C(=O)CC2. The molecule has 0 aliphatic heterocycles. The smallest absolute Gasteiger partial charge is 0.163 e. The van der Waals surface area contributed by atoms with E-state index in [2.05, 4.69) is 0 Å². The van der Waals surface area contributed by atoms with Crippen molar-refractivity contribution in [3.8, 4) is 17.2 Å². The Morgan fingerprint density at radius 2 is 1.87 bits per heavy atom. The van der Waals surface area contributed by atoms with Gasteiger partial charge in [0, 0.05) is 12.0 Å². The molecule has 0 bridgehead atoms. The van der Waals surface area contributed by atoms with E-state index < -0.39 is 0 Å². The number of benzene rings is 2. The number of hydrogen-bond donors (Lipinski definition) is 1. The number of hydrogen-bond acceptors (Lipinski definition) is 4. The maximum absolute atomic E-state index is 12.4. The summed E-state index contributed by atoms with van der Waals surface area (Å²) in [5, 5.41) is 9.69. The number of rotatable bonds is 3. The molecule has 0 aromatic heterocycles. The number of ketones is 1. The zero-order valence-electron chi connectivity index (χ0n) is 13.1. The fourth-order valence-electron chi connectivity index (χ4n) is 2.79. The standard InChI is InChI=1S/C19H18O4/c1-22-14-6-4-13-5-8-17(20)16(15(13)11-14)9-12-3-7-18(21)19(10-12)23-2/h3-4,6-7,9-11,21H,5,8H2,1-2H3/b16-9+. The van der Waals surface area contributed by atoms with Crippen LogP contribution in [0.1, 0.15) is 23.1 Å². The minimum Gasteiger partial charge on any atom is -0.504 e. The van der Waals surface area contributed by atoms with Crippen LogP contribution in [0.3, 0.4) is 0 Å². The molecule has 0 fully saturated rings. The number of aromatic hydroxyl groups is 1. The molecule has 118 valence electrons. The summed E-state index contributed by atoms with van der Waals surface area (Å²) < 4.78 is 10.4. The number of carbonyl (C=O) groups is 1. The molecule has 23 heavy (non-hydrogen) atoms. The van der Waals surface area contributed by atoms with Crippen LogP contribution in [-0.2, 0) is 11.2 Å². The van der Waals surface area contributed by atoms with Crippen LogP contribution >= 0.6 is 0 Å². The number of fused-ring (bicyclic) bond motifs is 1. The first-order valence-corrected chi connectivity index (χ1v) is 7.41. The third kappa shape index (κ3) is 2.93. The summed E-state index contributed by atoms with van der Waals surface area (Å²) in [6, 6.07) is 10.8. The monoisotopic (exact) mass is 310 g/mol. The van der Waals surface area contributed by atoms with Crippen molar-refractivity contribution in [2.75, 3.05) is 14.2 Å². The Bertz CT molecular complexity index is 790. The molecular formula is C19H18O4. The Kier molecular flexibility index (Phi) is 4.06. The average molecular weight is 310 g/mol. The summed E-state index contributed by atoms with van der Waals surface area (Å²) >= 11 is 0. The topological polar surface area (TPSA) is 55.8 Å². The van der Waals surface area contributed by atoms with Crippen molar-refractivity contribution in [2.45, 2.75) is 12.8 Å². The third-order valence-corrected chi connectivity index (χ3v) is 4.04. The summed E-state index contributed by atoms with van der Waals surface area (Å²) in [6.07, 6.45) is 3.08. The van der Waals surface area contributed by atoms with Crippen LogP contribution in [0.15, 0.2) is 36.4 Å². The molecule has 2 aromatic rings. The van der Waals surface area contributed by atoms with Gasteiger partial charge in [0.15, 0.2) is 17.3 Å². The molecule has 4 nitrogen and oxygen atoms in total. The molecule has 1 aliphatic rings. The van der Waals surface area contributed by atoms with Crippen LogP contribution in [-0.4, -0.2) is 25.1 Å². The van der Waals surface area contributed by atoms with Crippen LogP contribution in [0, 0.1) is 0 Å². The minimum absolute atomic E-state index is 0.0756. The second-order valence-electron chi connectivity index (χ2n) is 5.44. The number of aryl methyl sites for hydroxylation is 1. The van der Waals surface area contributed by atoms with E-state index in [1.54, 1.807) is 25.3 Å². The molecule has 0 heterocycles. The van der Waals surface area contributed by atoms with E-state index >= 15 is 0 Å². The summed E-state index contributed by atoms with van der Waals surface area (Å²) in [7, 11) is 3.11. The van der Waals surface area contributed by atoms with Crippen molar-refractivity contribution in [1.82, 2.24) is 0 Å². The summed E-state index contributed by atoms with van der Waals surface area (Å²) in [6.45, 7) is 0. The molecule has 1 N–H and O–H groups in total. The average Bonchev–Trinajstić information content (AvgIpc) is 2.58. The van der Waals surface area contributed by atoms with Crippen molar-refractivity contribution >= 4 is 17.4 Å². The van der Waals surface area contributed by atoms with Crippen molar-refractivity contribution in [3.63, 3.8) is 0 Å². The second kappa shape index (κ2) is 6.16. The lowest BCUT2D eigenvalue weighted by Crippen LogP contribution is -2.12. The van der Waals surface area contributed by atoms with Gasteiger partial charge in [0.25, 0.3) is 0 Å². The van der Waals surface area contributed by atoms with E-state index in [9.17, 15) is 9.90 Å². The van der Waals surface area contributed by atoms with Crippen LogP contribution < -0.4 is 9.47 Å². The number of ether oxygens (including phenoxy) is 2. The Morgan fingerprint density at radius 3 is 2.61 bits per heavy atom. The summed E-state index contributed by atoms with van der Waals surface area (Å²) in [5.41, 5.74) is 3.52. The van der Waals surface area contributed by atoms with Crippen molar-refractivity contribution in [3.05, 3.63) is 53.1 Å². The van der Waals surface area contributed by atoms with Crippen LogP contribution in [0.25, 0.3) is 11.6 Å². The zero-order chi connectivity index (χ0) is 16.4. The van der Waals surface area contributed by atoms with E-state index in [4.69, 9.17) is 9.47 Å². The molecular weight excluding hydrogens is 292 g/mol. The Hall–Kier alpha value is -2.75. The highest BCUT2D eigenvalue weighted by atomic mass is 16.5. The molecule has 3 rings (SSSR count). The van der Waals surface area contributed by atoms with Gasteiger partial charge in [-0.2, -0.15) is 0 Å². The van der Waals surface area contributed by atoms with E-state index in [-0.39, 0.29) is 11.5 Å². The molecule has 0 amide bonds. The Labute approximate surface area is 135 Å². The van der Waals surface area contributed by atoms with Crippen LogP contribution in [0.2, 0.25) is 0 Å². The van der Waals surface area contributed by atoms with Gasteiger partial charge in [0.2, 0.25) is 0 Å². The fraction of sp³-hybridized carbons (Fsp3) is 0.211. The third-order valence-electron chi connectivity index (χ3n) is 4.04. The molecule has 0 radical (unpaired) electrons. The number of allylic oxidation sites excluding steroid dienone is 1. The van der Waals surface area contributed by atoms with Gasteiger partial charge < -0.3 is 14.6 Å². The van der Waals surface area contributed by atoms with Gasteiger partial charge in [-0.1, -0.05) is 12.1 Å². The summed E-state index contributed by atoms with van der Waals surface area (Å²) in [4.78, 5) is 12.4. The molecule has 2 aromatic carbocycles. The molecule has 4 heteroatoms. The van der Waals surface area contributed by atoms with Crippen molar-refractivity contribution < 1.29 is 19.4 Å². The number of methoxy groups -OCH3 is 2. The Morgan fingerprint density at radius 1 is 1.04 bits per heavy atom. The predicted molar refractivity (Wildman–Crippen MR) is 88.9 cm³/mol. The van der Waals surface area contributed by atoms with E-state index in [0.717, 1.165) is 28.9 Å². The molecule has 0 saturated carbocycles. The fourth-order valence-corrected chi connectivity index (χ4v) is 2.79. The number of phenolic OH excluding ortho intramolecular Hbond substituents is 1. The molecule has 0 unspecified atom stereocenters. The van der Waals surface area contributed by atoms with Crippen molar-refractivity contribution in [2.24, 2.45) is 0 Å². The highest BCUT2D eigenvalue weighted by Crippen LogP contribution is 2.34. The molecule has 0 atom stereocenters. The van der Waals surface area contributed by atoms with E-state index in [1.807, 2.05) is 24.3 Å². The first-order valence-electron chi connectivity index (χ1n) is 7.41. The maximum atomic E-state index is 12.4. The highest BCUT2D eigenvalue weighted by molar-refractivity contribution is 6.26. The van der Waals surface area contributed by atoms with E-state index in [0.29, 0.717) is 17.7 Å². The molecule has 1 aliphatic carbocycles. The van der Waals surface area contributed by atoms with Gasteiger partial charge in [-0.15, -0.1) is 0 Å². The zero-order valence-corrected chi connectivity index (χ0v) is 13.1. The minimum atomic E-state index is 0.0756. The van der Waals surface area contributed by atoms with Gasteiger partial charge in [0.05, 0.1) is 14.2 Å². The number of carbonyl (C=O) groups excluding carboxylic acids is 1. The lowest BCUT2D eigenvalue weighted by Gasteiger charge is -2.19. The van der Waals surface area contributed by atoms with Crippen LogP contribution in [0.5, 0.6) is 17.2 Å². The maximum Gasteiger partial charge on any atom is 0.163 e. The number of phenols is 1.